The normalized spacial score (nSPS) is 11.3. The Bertz CT molecular complexity index is 123. The van der Waals surface area contributed by atoms with Gasteiger partial charge in [0.05, 0.1) is 0 Å². The van der Waals surface area contributed by atoms with Crippen molar-refractivity contribution in [2.45, 2.75) is 20.8 Å². The molecule has 0 aromatic rings. The Hall–Kier alpha value is -0.363. The number of hydrogen-bond donors (Lipinski definition) is 4. The second-order valence-corrected chi connectivity index (χ2v) is 5.54. The molecule has 0 aliphatic heterocycles. The van der Waals surface area contributed by atoms with Crippen molar-refractivity contribution in [2.75, 3.05) is 19.6 Å². The molecule has 13 heavy (non-hydrogen) atoms. The van der Waals surface area contributed by atoms with Crippen LogP contribution >= 0.6 is 0 Å². The van der Waals surface area contributed by atoms with Gasteiger partial charge in [0.2, 0.25) is 0 Å². The van der Waals surface area contributed by atoms with E-state index in [-0.39, 0.29) is 0 Å². The van der Waals surface area contributed by atoms with Gasteiger partial charge in [-0.3, -0.25) is 14.9 Å². The number of nitrogens with one attached hydrogen (secondary N) is 4. The summed E-state index contributed by atoms with van der Waals surface area (Å²) in [4.78, 5) is 13.6. The highest BCUT2D eigenvalue weighted by Gasteiger charge is 2.31. The monoisotopic (exact) mass is 202 g/mol. The smallest absolute Gasteiger partial charge is 0.381 e. The average Bonchev–Trinajstić information content (AvgIpc) is 2.06. The first kappa shape index (κ1) is 12.6. The maximum absolute atomic E-state index is 3.70. The third kappa shape index (κ3) is 4.42. The summed E-state index contributed by atoms with van der Waals surface area (Å²) in [5.41, 5.74) is 0. The summed E-state index contributed by atoms with van der Waals surface area (Å²) in [6.45, 7) is 12.8. The van der Waals surface area contributed by atoms with E-state index < -0.39 is 8.72 Å². The molecule has 0 aliphatic carbocycles. The minimum atomic E-state index is -1.91. The molecular formula is C8H22N4Si. The maximum Gasteiger partial charge on any atom is 0.396 e. The first-order chi connectivity index (χ1) is 6.24. The summed E-state index contributed by atoms with van der Waals surface area (Å²) < 4.78 is 0. The molecule has 0 radical (unpaired) electrons. The maximum atomic E-state index is 3.70. The van der Waals surface area contributed by atoms with E-state index in [4.69, 9.17) is 0 Å². The molecule has 0 rings (SSSR count). The summed E-state index contributed by atoms with van der Waals surface area (Å²) in [5.74, 6) is 0. The molecule has 0 heterocycles. The molecule has 0 aliphatic rings. The summed E-state index contributed by atoms with van der Waals surface area (Å²) in [6, 6.07) is 0. The predicted molar refractivity (Wildman–Crippen MR) is 60.1 cm³/mol. The molecule has 0 bridgehead atoms. The van der Waals surface area contributed by atoms with Gasteiger partial charge < -0.3 is 4.98 Å². The molecule has 0 fully saturated rings. The lowest BCUT2D eigenvalue weighted by Crippen LogP contribution is -2.79. The van der Waals surface area contributed by atoms with Crippen LogP contribution < -0.4 is 19.9 Å². The van der Waals surface area contributed by atoms with Gasteiger partial charge in [0, 0.05) is 0 Å². The molecule has 0 spiro atoms. The van der Waals surface area contributed by atoms with Gasteiger partial charge in [0.25, 0.3) is 0 Å². The minimum Gasteiger partial charge on any atom is -0.381 e. The van der Waals surface area contributed by atoms with E-state index in [1.54, 1.807) is 6.20 Å². The second kappa shape index (κ2) is 7.08. The van der Waals surface area contributed by atoms with Gasteiger partial charge in [-0.15, -0.1) is 0 Å². The van der Waals surface area contributed by atoms with Crippen LogP contribution in [0.5, 0.6) is 0 Å². The molecular weight excluding hydrogens is 180 g/mol. The van der Waals surface area contributed by atoms with Crippen molar-refractivity contribution in [1.82, 2.24) is 19.9 Å². The zero-order valence-corrected chi connectivity index (χ0v) is 9.91. The first-order valence-electron chi connectivity index (χ1n) is 4.88. The number of hydrogen-bond acceptors (Lipinski definition) is 4. The van der Waals surface area contributed by atoms with Crippen molar-refractivity contribution in [3.05, 3.63) is 12.8 Å². The van der Waals surface area contributed by atoms with Crippen molar-refractivity contribution in [2.24, 2.45) is 0 Å². The van der Waals surface area contributed by atoms with E-state index in [9.17, 15) is 0 Å². The Morgan fingerprint density at radius 1 is 1.00 bits per heavy atom. The van der Waals surface area contributed by atoms with Gasteiger partial charge in [-0.1, -0.05) is 27.4 Å². The van der Waals surface area contributed by atoms with Crippen molar-refractivity contribution < 1.29 is 0 Å². The lowest BCUT2D eigenvalue weighted by Gasteiger charge is -2.31. The minimum absolute atomic E-state index is 0.938. The standard InChI is InChI=1S/C8H22N4Si/c1-5-9-13(10-6-2,11-7-3)12-8-4/h5,9-12H,1,6-8H2,2-4H3. The van der Waals surface area contributed by atoms with Crippen LogP contribution in [-0.4, -0.2) is 28.4 Å². The molecule has 0 atom stereocenters. The van der Waals surface area contributed by atoms with E-state index in [2.05, 4.69) is 47.3 Å². The Labute approximate surface area is 82.5 Å². The molecule has 0 aromatic heterocycles. The van der Waals surface area contributed by atoms with E-state index >= 15 is 0 Å². The fraction of sp³-hybridized carbons (Fsp3) is 0.750. The van der Waals surface area contributed by atoms with Gasteiger partial charge in [-0.2, -0.15) is 0 Å². The van der Waals surface area contributed by atoms with Crippen LogP contribution in [-0.2, 0) is 0 Å². The Morgan fingerprint density at radius 3 is 1.62 bits per heavy atom. The van der Waals surface area contributed by atoms with Crippen LogP contribution in [0.2, 0.25) is 0 Å². The van der Waals surface area contributed by atoms with Gasteiger partial charge in [-0.25, -0.2) is 0 Å². The lowest BCUT2D eigenvalue weighted by atomic mass is 10.8. The van der Waals surface area contributed by atoms with Crippen molar-refractivity contribution in [3.8, 4) is 0 Å². The third-order valence-electron chi connectivity index (χ3n) is 1.64. The van der Waals surface area contributed by atoms with Crippen LogP contribution in [0, 0.1) is 0 Å². The SMILES string of the molecule is C=CN[Si](NCC)(NCC)NCC. The van der Waals surface area contributed by atoms with E-state index in [1.807, 2.05) is 0 Å². The Kier molecular flexibility index (Phi) is 6.88. The van der Waals surface area contributed by atoms with Crippen molar-refractivity contribution >= 4 is 8.72 Å². The largest absolute Gasteiger partial charge is 0.396 e. The Balaban J connectivity index is 4.27. The molecule has 78 valence electrons. The fourth-order valence-electron chi connectivity index (χ4n) is 1.29. The van der Waals surface area contributed by atoms with E-state index in [1.165, 1.54) is 0 Å². The molecule has 0 amide bonds. The van der Waals surface area contributed by atoms with Crippen LogP contribution in [0.3, 0.4) is 0 Å². The predicted octanol–water partition coefficient (Wildman–Crippen LogP) is -0.0164. The second-order valence-electron chi connectivity index (χ2n) is 2.69. The molecule has 0 unspecified atom stereocenters. The number of rotatable bonds is 8. The van der Waals surface area contributed by atoms with Crippen LogP contribution in [0.1, 0.15) is 20.8 Å². The summed E-state index contributed by atoms with van der Waals surface area (Å²) in [7, 11) is -1.91. The lowest BCUT2D eigenvalue weighted by molar-refractivity contribution is 0.743. The highest BCUT2D eigenvalue weighted by atomic mass is 28.4. The Morgan fingerprint density at radius 2 is 1.38 bits per heavy atom. The van der Waals surface area contributed by atoms with Gasteiger partial charge in [0.1, 0.15) is 0 Å². The van der Waals surface area contributed by atoms with Crippen LogP contribution in [0.4, 0.5) is 0 Å². The van der Waals surface area contributed by atoms with Crippen molar-refractivity contribution in [1.29, 1.82) is 0 Å². The molecule has 0 aromatic carbocycles. The third-order valence-corrected chi connectivity index (χ3v) is 4.93. The van der Waals surface area contributed by atoms with Crippen LogP contribution in [0.15, 0.2) is 12.8 Å². The zero-order valence-electron chi connectivity index (χ0n) is 8.91. The van der Waals surface area contributed by atoms with Gasteiger partial charge in [0.15, 0.2) is 0 Å². The molecule has 5 heteroatoms. The van der Waals surface area contributed by atoms with E-state index in [0.717, 1.165) is 19.6 Å². The molecule has 0 saturated carbocycles. The molecule has 4 N–H and O–H groups in total. The molecule has 0 saturated heterocycles. The topological polar surface area (TPSA) is 48.1 Å². The average molecular weight is 202 g/mol. The molecule has 4 nitrogen and oxygen atoms in total. The highest BCUT2D eigenvalue weighted by Crippen LogP contribution is 1.83. The zero-order chi connectivity index (χ0) is 10.2. The van der Waals surface area contributed by atoms with Crippen LogP contribution in [0.25, 0.3) is 0 Å². The fourth-order valence-corrected chi connectivity index (χ4v) is 3.87. The highest BCUT2D eigenvalue weighted by molar-refractivity contribution is 6.70. The van der Waals surface area contributed by atoms with Gasteiger partial charge >= 0.3 is 8.72 Å². The summed E-state index contributed by atoms with van der Waals surface area (Å²) in [5, 5.41) is 0. The summed E-state index contributed by atoms with van der Waals surface area (Å²) >= 11 is 0. The van der Waals surface area contributed by atoms with E-state index in [0.29, 0.717) is 0 Å². The first-order valence-corrected chi connectivity index (χ1v) is 6.88. The van der Waals surface area contributed by atoms with Crippen molar-refractivity contribution in [3.63, 3.8) is 0 Å². The quantitative estimate of drug-likeness (QED) is 0.418. The van der Waals surface area contributed by atoms with Gasteiger partial charge in [-0.05, 0) is 25.8 Å². The summed E-state index contributed by atoms with van der Waals surface area (Å²) in [6.07, 6.45) is 1.74.